The highest BCUT2D eigenvalue weighted by Gasteiger charge is 2.06. The number of carboxylic acid groups (broad SMARTS) is 1. The van der Waals surface area contributed by atoms with Crippen LogP contribution in [0.5, 0.6) is 0 Å². The molecule has 2 aromatic rings. The number of rotatable bonds is 1. The van der Waals surface area contributed by atoms with E-state index in [0.29, 0.717) is 3.70 Å². The van der Waals surface area contributed by atoms with Gasteiger partial charge in [0, 0.05) is 17.3 Å². The van der Waals surface area contributed by atoms with Crippen molar-refractivity contribution in [3.05, 3.63) is 39.7 Å². The topological polar surface area (TPSA) is 44.5 Å². The summed E-state index contributed by atoms with van der Waals surface area (Å²) in [6.07, 6.45) is 1.82. The zero-order chi connectivity index (χ0) is 9.42. The molecule has 2 heterocycles. The molecule has 0 radical (unpaired) electrons. The van der Waals surface area contributed by atoms with E-state index in [1.54, 1.807) is 6.07 Å². The van der Waals surface area contributed by atoms with Crippen molar-refractivity contribution >= 4 is 34.1 Å². The second-order valence-electron chi connectivity index (χ2n) is 2.63. The lowest BCUT2D eigenvalue weighted by Gasteiger charge is -1.98. The van der Waals surface area contributed by atoms with E-state index in [0.717, 1.165) is 5.52 Å². The fourth-order valence-corrected chi connectivity index (χ4v) is 2.05. The number of aromatic carboxylic acids is 1. The minimum absolute atomic E-state index is 0.242. The molecule has 4 heteroatoms. The number of hydrogen-bond acceptors (Lipinski definition) is 2. The quantitative estimate of drug-likeness (QED) is 0.731. The zero-order valence-corrected chi connectivity index (χ0v) is 8.69. The number of nitrogens with zero attached hydrogens (tertiary/aromatic N) is 1. The maximum Gasteiger partial charge on any atom is 0.0935 e. The Bertz CT molecular complexity index is 475. The monoisotopic (exact) mass is 286 g/mol. The number of carboxylic acids is 1. The zero-order valence-electron chi connectivity index (χ0n) is 6.53. The first-order valence-electron chi connectivity index (χ1n) is 3.67. The molecule has 0 amide bonds. The minimum atomic E-state index is -1.13. The molecule has 2 rings (SSSR count). The van der Waals surface area contributed by atoms with Crippen LogP contribution in [0.15, 0.2) is 30.5 Å². The van der Waals surface area contributed by atoms with Crippen LogP contribution in [0.25, 0.3) is 5.52 Å². The Balaban J connectivity index is 2.81. The number of aromatic nitrogens is 1. The molecule has 0 aliphatic heterocycles. The van der Waals surface area contributed by atoms with E-state index in [1.807, 2.05) is 51.4 Å². The Morgan fingerprint density at radius 2 is 2.23 bits per heavy atom. The van der Waals surface area contributed by atoms with E-state index in [-0.39, 0.29) is 5.56 Å². The van der Waals surface area contributed by atoms with Crippen LogP contribution in [0.2, 0.25) is 0 Å². The number of carbonyl (C=O) groups is 1. The van der Waals surface area contributed by atoms with Gasteiger partial charge < -0.3 is 14.3 Å². The Kier molecular flexibility index (Phi) is 1.99. The Hall–Kier alpha value is -1.04. The summed E-state index contributed by atoms with van der Waals surface area (Å²) in [5.41, 5.74) is 1.11. The Morgan fingerprint density at radius 1 is 1.46 bits per heavy atom. The highest BCUT2D eigenvalue weighted by atomic mass is 127. The van der Waals surface area contributed by atoms with Crippen molar-refractivity contribution in [3.63, 3.8) is 0 Å². The smallest absolute Gasteiger partial charge is 0.0935 e. The predicted octanol–water partition coefficient (Wildman–Crippen LogP) is 0.907. The fraction of sp³-hybridized carbons (Fsp3) is 0. The third kappa shape index (κ3) is 1.31. The van der Waals surface area contributed by atoms with Gasteiger partial charge in [-0.25, -0.2) is 0 Å². The van der Waals surface area contributed by atoms with Gasteiger partial charge in [0.05, 0.1) is 9.67 Å². The minimum Gasteiger partial charge on any atom is -0.545 e. The lowest BCUT2D eigenvalue weighted by molar-refractivity contribution is -0.255. The first kappa shape index (κ1) is 8.55. The van der Waals surface area contributed by atoms with Crippen molar-refractivity contribution in [2.75, 3.05) is 0 Å². The average molecular weight is 286 g/mol. The third-order valence-corrected chi connectivity index (χ3v) is 2.94. The summed E-state index contributed by atoms with van der Waals surface area (Å²) in [6.45, 7) is 0. The van der Waals surface area contributed by atoms with Gasteiger partial charge in [-0.3, -0.25) is 0 Å². The van der Waals surface area contributed by atoms with E-state index in [1.165, 1.54) is 0 Å². The largest absolute Gasteiger partial charge is 0.545 e. The maximum atomic E-state index is 10.7. The van der Waals surface area contributed by atoms with Crippen molar-refractivity contribution in [1.82, 2.24) is 4.40 Å². The van der Waals surface area contributed by atoms with Gasteiger partial charge >= 0.3 is 0 Å². The highest BCUT2D eigenvalue weighted by Crippen LogP contribution is 2.17. The van der Waals surface area contributed by atoms with Crippen LogP contribution >= 0.6 is 22.6 Å². The maximum absolute atomic E-state index is 10.7. The summed E-state index contributed by atoms with van der Waals surface area (Å²) < 4.78 is 2.49. The van der Waals surface area contributed by atoms with Crippen molar-refractivity contribution < 1.29 is 9.90 Å². The lowest BCUT2D eigenvalue weighted by Crippen LogP contribution is -2.22. The SMILES string of the molecule is O=C([O-])c1cc2ccccn2c1I. The summed E-state index contributed by atoms with van der Waals surface area (Å²) >= 11 is 1.99. The standard InChI is InChI=1S/C9H6INO2/c10-8-7(9(12)13)5-6-3-1-2-4-11(6)8/h1-5H,(H,12,13)/p-1. The second kappa shape index (κ2) is 3.02. The molecule has 0 bridgehead atoms. The molecule has 66 valence electrons. The molecule has 0 aliphatic rings. The van der Waals surface area contributed by atoms with Crippen molar-refractivity contribution in [2.45, 2.75) is 0 Å². The number of hydrogen-bond donors (Lipinski definition) is 0. The average Bonchev–Trinajstić information content (AvgIpc) is 2.45. The van der Waals surface area contributed by atoms with Crippen molar-refractivity contribution in [2.24, 2.45) is 0 Å². The van der Waals surface area contributed by atoms with E-state index in [2.05, 4.69) is 0 Å². The van der Waals surface area contributed by atoms with Crippen LogP contribution in [0.1, 0.15) is 10.4 Å². The van der Waals surface area contributed by atoms with Crippen LogP contribution < -0.4 is 5.11 Å². The van der Waals surface area contributed by atoms with Gasteiger partial charge in [0.2, 0.25) is 0 Å². The first-order valence-corrected chi connectivity index (χ1v) is 4.75. The fourth-order valence-electron chi connectivity index (χ4n) is 1.23. The molecule has 0 saturated heterocycles. The van der Waals surface area contributed by atoms with Crippen LogP contribution in [0.4, 0.5) is 0 Å². The van der Waals surface area contributed by atoms with Gasteiger partial charge in [0.25, 0.3) is 0 Å². The molecule has 2 aromatic heterocycles. The molecule has 0 saturated carbocycles. The molecule has 0 aromatic carbocycles. The van der Waals surface area contributed by atoms with Crippen LogP contribution in [0, 0.1) is 3.70 Å². The second-order valence-corrected chi connectivity index (χ2v) is 3.65. The normalized spacial score (nSPS) is 10.5. The Labute approximate surface area is 88.1 Å². The van der Waals surface area contributed by atoms with Gasteiger partial charge in [-0.15, -0.1) is 0 Å². The van der Waals surface area contributed by atoms with Gasteiger partial charge in [-0.1, -0.05) is 6.07 Å². The summed E-state index contributed by atoms with van der Waals surface area (Å²) in [6, 6.07) is 7.18. The lowest BCUT2D eigenvalue weighted by atomic mass is 10.3. The number of fused-ring (bicyclic) bond motifs is 1. The molecule has 0 atom stereocenters. The van der Waals surface area contributed by atoms with Gasteiger partial charge in [0.15, 0.2) is 0 Å². The van der Waals surface area contributed by atoms with Gasteiger partial charge in [-0.05, 0) is 40.8 Å². The Morgan fingerprint density at radius 3 is 2.85 bits per heavy atom. The summed E-state index contributed by atoms with van der Waals surface area (Å²) in [4.78, 5) is 10.7. The van der Waals surface area contributed by atoms with Crippen molar-refractivity contribution in [3.8, 4) is 0 Å². The molecule has 13 heavy (non-hydrogen) atoms. The number of halogens is 1. The van der Waals surface area contributed by atoms with Gasteiger partial charge in [0.1, 0.15) is 0 Å². The molecule has 0 N–H and O–H groups in total. The van der Waals surface area contributed by atoms with E-state index in [4.69, 9.17) is 0 Å². The number of carbonyl (C=O) groups excluding carboxylic acids is 1. The molecule has 3 nitrogen and oxygen atoms in total. The first-order chi connectivity index (χ1) is 6.20. The number of pyridine rings is 1. The molecule has 0 unspecified atom stereocenters. The van der Waals surface area contributed by atoms with E-state index >= 15 is 0 Å². The van der Waals surface area contributed by atoms with Crippen molar-refractivity contribution in [1.29, 1.82) is 0 Å². The van der Waals surface area contributed by atoms with E-state index in [9.17, 15) is 9.90 Å². The molecular weight excluding hydrogens is 281 g/mol. The summed E-state index contributed by atoms with van der Waals surface area (Å²) in [7, 11) is 0. The molecular formula is C9H5INO2-. The van der Waals surface area contributed by atoms with Crippen LogP contribution in [0.3, 0.4) is 0 Å². The van der Waals surface area contributed by atoms with Crippen LogP contribution in [-0.4, -0.2) is 10.4 Å². The summed E-state index contributed by atoms with van der Waals surface area (Å²) in [5, 5.41) is 10.7. The third-order valence-electron chi connectivity index (χ3n) is 1.84. The van der Waals surface area contributed by atoms with E-state index < -0.39 is 5.97 Å². The predicted molar refractivity (Wildman–Crippen MR) is 54.4 cm³/mol. The summed E-state index contributed by atoms with van der Waals surface area (Å²) in [5.74, 6) is -1.13. The molecule has 0 spiro atoms. The highest BCUT2D eigenvalue weighted by molar-refractivity contribution is 14.1. The molecule has 0 aliphatic carbocycles. The molecule has 0 fully saturated rings. The van der Waals surface area contributed by atoms with Gasteiger partial charge in [-0.2, -0.15) is 0 Å². The van der Waals surface area contributed by atoms with Crippen LogP contribution in [-0.2, 0) is 0 Å².